The summed E-state index contributed by atoms with van der Waals surface area (Å²) in [6, 6.07) is 11.4. The third-order valence-corrected chi connectivity index (χ3v) is 6.25. The Bertz CT molecular complexity index is 1100. The minimum atomic E-state index is -4.52. The summed E-state index contributed by atoms with van der Waals surface area (Å²) in [7, 11) is 0. The van der Waals surface area contributed by atoms with Crippen LogP contribution >= 0.6 is 0 Å². The SMILES string of the molecule is NC(=O)C1CCCN1Cc1cccc(NC(=O)C2CC(=O)N(c3cccc(C(F)(F)F)c3)C2)c1. The highest BCUT2D eigenvalue weighted by atomic mass is 19.4. The lowest BCUT2D eigenvalue weighted by atomic mass is 10.1. The van der Waals surface area contributed by atoms with Gasteiger partial charge in [-0.3, -0.25) is 19.3 Å². The first kappa shape index (κ1) is 23.7. The lowest BCUT2D eigenvalue weighted by Gasteiger charge is -2.22. The van der Waals surface area contributed by atoms with Crippen molar-refractivity contribution in [3.05, 3.63) is 59.7 Å². The molecule has 2 atom stereocenters. The summed E-state index contributed by atoms with van der Waals surface area (Å²) in [5.41, 5.74) is 6.19. The average Bonchev–Trinajstić information content (AvgIpc) is 3.40. The van der Waals surface area contributed by atoms with Crippen molar-refractivity contribution in [1.82, 2.24) is 4.90 Å². The fourth-order valence-electron chi connectivity index (χ4n) is 4.55. The molecule has 180 valence electrons. The van der Waals surface area contributed by atoms with Gasteiger partial charge in [0.1, 0.15) is 0 Å². The third kappa shape index (κ3) is 5.22. The van der Waals surface area contributed by atoms with Crippen LogP contribution in [-0.2, 0) is 27.1 Å². The second kappa shape index (κ2) is 9.46. The maximum Gasteiger partial charge on any atom is 0.416 e. The number of hydrogen-bond acceptors (Lipinski definition) is 4. The average molecular weight is 474 g/mol. The van der Waals surface area contributed by atoms with E-state index >= 15 is 0 Å². The molecule has 2 aliphatic rings. The van der Waals surface area contributed by atoms with Gasteiger partial charge in [-0.05, 0) is 55.3 Å². The zero-order valence-electron chi connectivity index (χ0n) is 18.3. The molecule has 4 rings (SSSR count). The molecule has 2 aliphatic heterocycles. The summed E-state index contributed by atoms with van der Waals surface area (Å²) in [6.07, 6.45) is -2.99. The van der Waals surface area contributed by atoms with Crippen molar-refractivity contribution in [2.45, 2.75) is 38.0 Å². The molecule has 3 amide bonds. The van der Waals surface area contributed by atoms with Crippen molar-refractivity contribution in [2.75, 3.05) is 23.3 Å². The van der Waals surface area contributed by atoms with Gasteiger partial charge in [-0.25, -0.2) is 0 Å². The number of alkyl halides is 3. The Kier molecular flexibility index (Phi) is 6.60. The van der Waals surface area contributed by atoms with Crippen LogP contribution in [0.25, 0.3) is 0 Å². The predicted octanol–water partition coefficient (Wildman–Crippen LogP) is 3.15. The van der Waals surface area contributed by atoms with Gasteiger partial charge < -0.3 is 16.0 Å². The summed E-state index contributed by atoms with van der Waals surface area (Å²) in [5, 5.41) is 2.80. The van der Waals surface area contributed by atoms with Crippen LogP contribution in [-0.4, -0.2) is 41.8 Å². The van der Waals surface area contributed by atoms with Crippen LogP contribution in [0.5, 0.6) is 0 Å². The van der Waals surface area contributed by atoms with Gasteiger partial charge in [-0.1, -0.05) is 18.2 Å². The second-order valence-electron chi connectivity index (χ2n) is 8.67. The molecule has 0 saturated carbocycles. The highest BCUT2D eigenvalue weighted by Crippen LogP contribution is 2.33. The highest BCUT2D eigenvalue weighted by Gasteiger charge is 2.37. The summed E-state index contributed by atoms with van der Waals surface area (Å²) >= 11 is 0. The minimum absolute atomic E-state index is 0.000261. The van der Waals surface area contributed by atoms with E-state index in [1.54, 1.807) is 18.2 Å². The van der Waals surface area contributed by atoms with Crippen LogP contribution in [0.1, 0.15) is 30.4 Å². The van der Waals surface area contributed by atoms with Crippen LogP contribution in [0.3, 0.4) is 0 Å². The topological polar surface area (TPSA) is 95.7 Å². The Balaban J connectivity index is 1.40. The van der Waals surface area contributed by atoms with E-state index < -0.39 is 23.6 Å². The minimum Gasteiger partial charge on any atom is -0.368 e. The Morgan fingerprint density at radius 1 is 1.12 bits per heavy atom. The van der Waals surface area contributed by atoms with E-state index in [0.717, 1.165) is 37.1 Å². The Morgan fingerprint density at radius 2 is 1.88 bits per heavy atom. The van der Waals surface area contributed by atoms with Gasteiger partial charge in [-0.15, -0.1) is 0 Å². The number of anilines is 2. The van der Waals surface area contributed by atoms with Gasteiger partial charge in [0.2, 0.25) is 17.7 Å². The number of carbonyl (C=O) groups is 3. The molecule has 0 radical (unpaired) electrons. The van der Waals surface area contributed by atoms with Crippen molar-refractivity contribution in [3.63, 3.8) is 0 Å². The fraction of sp³-hybridized carbons (Fsp3) is 0.375. The largest absolute Gasteiger partial charge is 0.416 e. The van der Waals surface area contributed by atoms with Crippen LogP contribution in [0.4, 0.5) is 24.5 Å². The highest BCUT2D eigenvalue weighted by molar-refractivity contribution is 6.03. The molecule has 0 spiro atoms. The molecule has 0 bridgehead atoms. The standard InChI is InChI=1S/C24H25F3N4O3/c25-24(26,27)17-5-2-7-19(12-17)31-14-16(11-21(31)32)23(34)29-18-6-1-4-15(10-18)13-30-9-3-8-20(30)22(28)33/h1-2,4-7,10,12,16,20H,3,8-9,11,13-14H2,(H2,28,33)(H,29,34). The molecule has 34 heavy (non-hydrogen) atoms. The molecule has 0 aromatic heterocycles. The monoisotopic (exact) mass is 474 g/mol. The van der Waals surface area contributed by atoms with Crippen LogP contribution in [0.2, 0.25) is 0 Å². The number of nitrogens with one attached hydrogen (secondary N) is 1. The lowest BCUT2D eigenvalue weighted by molar-refractivity contribution is -0.137. The van der Waals surface area contributed by atoms with Crippen molar-refractivity contribution in [3.8, 4) is 0 Å². The van der Waals surface area contributed by atoms with Crippen LogP contribution in [0, 0.1) is 5.92 Å². The maximum atomic E-state index is 13.0. The molecule has 2 saturated heterocycles. The Morgan fingerprint density at radius 3 is 2.62 bits per heavy atom. The molecule has 2 unspecified atom stereocenters. The van der Waals surface area contributed by atoms with E-state index in [-0.39, 0.29) is 36.5 Å². The van der Waals surface area contributed by atoms with Gasteiger partial charge in [0.25, 0.3) is 0 Å². The summed E-state index contributed by atoms with van der Waals surface area (Å²) < 4.78 is 39.1. The predicted molar refractivity (Wildman–Crippen MR) is 120 cm³/mol. The van der Waals surface area contributed by atoms with Crippen LogP contribution < -0.4 is 16.0 Å². The Labute approximate surface area is 194 Å². The third-order valence-electron chi connectivity index (χ3n) is 6.25. The number of nitrogens with two attached hydrogens (primary N) is 1. The van der Waals surface area contributed by atoms with Crippen molar-refractivity contribution >= 4 is 29.1 Å². The molecule has 7 nitrogen and oxygen atoms in total. The first-order valence-corrected chi connectivity index (χ1v) is 11.0. The quantitative estimate of drug-likeness (QED) is 0.673. The molecule has 0 aliphatic carbocycles. The number of rotatable bonds is 6. The number of likely N-dealkylation sites (tertiary alicyclic amines) is 1. The number of nitrogens with zero attached hydrogens (tertiary/aromatic N) is 2. The first-order valence-electron chi connectivity index (χ1n) is 11.0. The van der Waals surface area contributed by atoms with E-state index in [1.165, 1.54) is 17.0 Å². The molecule has 2 heterocycles. The number of primary amides is 1. The molecule has 10 heteroatoms. The van der Waals surface area contributed by atoms with Gasteiger partial charge in [0, 0.05) is 30.9 Å². The lowest BCUT2D eigenvalue weighted by Crippen LogP contribution is -2.39. The second-order valence-corrected chi connectivity index (χ2v) is 8.67. The van der Waals surface area contributed by atoms with Crippen LogP contribution in [0.15, 0.2) is 48.5 Å². The van der Waals surface area contributed by atoms with E-state index in [0.29, 0.717) is 12.2 Å². The van der Waals surface area contributed by atoms with E-state index in [2.05, 4.69) is 5.32 Å². The molecule has 2 fully saturated rings. The molecular formula is C24H25F3N4O3. The fourth-order valence-corrected chi connectivity index (χ4v) is 4.55. The number of hydrogen-bond donors (Lipinski definition) is 2. The zero-order valence-corrected chi connectivity index (χ0v) is 18.3. The maximum absolute atomic E-state index is 13.0. The smallest absolute Gasteiger partial charge is 0.368 e. The molecule has 2 aromatic carbocycles. The van der Waals surface area contributed by atoms with Crippen molar-refractivity contribution in [1.29, 1.82) is 0 Å². The number of halogens is 3. The van der Waals surface area contributed by atoms with E-state index in [9.17, 15) is 27.6 Å². The summed E-state index contributed by atoms with van der Waals surface area (Å²) in [6.45, 7) is 1.28. The summed E-state index contributed by atoms with van der Waals surface area (Å²) in [4.78, 5) is 40.1. The van der Waals surface area contributed by atoms with E-state index in [4.69, 9.17) is 5.73 Å². The van der Waals surface area contributed by atoms with Gasteiger partial charge >= 0.3 is 6.18 Å². The number of benzene rings is 2. The number of amides is 3. The van der Waals surface area contributed by atoms with Gasteiger partial charge in [-0.2, -0.15) is 13.2 Å². The zero-order chi connectivity index (χ0) is 24.5. The molecule has 2 aromatic rings. The van der Waals surface area contributed by atoms with Gasteiger partial charge in [0.05, 0.1) is 17.5 Å². The van der Waals surface area contributed by atoms with Crippen molar-refractivity contribution in [2.24, 2.45) is 11.7 Å². The molecular weight excluding hydrogens is 449 g/mol. The van der Waals surface area contributed by atoms with Gasteiger partial charge in [0.15, 0.2) is 0 Å². The molecule has 3 N–H and O–H groups in total. The Hall–Kier alpha value is -3.40. The summed E-state index contributed by atoms with van der Waals surface area (Å²) in [5.74, 6) is -1.82. The normalized spacial score (nSPS) is 21.1. The number of carbonyl (C=O) groups excluding carboxylic acids is 3. The van der Waals surface area contributed by atoms with Crippen molar-refractivity contribution < 1.29 is 27.6 Å². The van der Waals surface area contributed by atoms with E-state index in [1.807, 2.05) is 11.0 Å². The first-order chi connectivity index (χ1) is 16.1.